The van der Waals surface area contributed by atoms with Gasteiger partial charge in [-0.05, 0) is 62.4 Å². The number of carbonyl (C=O) groups excluding carboxylic acids is 3. The Balaban J connectivity index is 0.00000122. The molecule has 3 aromatic rings. The number of nitrogens with zero attached hydrogens (tertiary/aromatic N) is 2. The topological polar surface area (TPSA) is 86.1 Å². The van der Waals surface area contributed by atoms with Crippen molar-refractivity contribution in [3.05, 3.63) is 69.8 Å². The lowest BCUT2D eigenvalue weighted by Crippen LogP contribution is -2.24. The summed E-state index contributed by atoms with van der Waals surface area (Å²) in [7, 11) is 0. The molecular weight excluding hydrogens is 416 g/mol. The third-order valence-corrected chi connectivity index (χ3v) is 5.62. The molecule has 0 saturated carbocycles. The molecule has 0 aliphatic rings. The molecule has 6 nitrogen and oxygen atoms in total. The second-order valence-electron chi connectivity index (χ2n) is 8.26. The number of aryl methyl sites for hydroxylation is 3. The SMILES string of the molecule is CCCCCC(=O)CCCCc1nc2cc(C)ccc2c(=O)n1-c1ccccc1C.O=C=O. The minimum absolute atomic E-state index is 0.0278. The summed E-state index contributed by atoms with van der Waals surface area (Å²) in [5.41, 5.74) is 3.73. The maximum atomic E-state index is 13.4. The molecule has 0 amide bonds. The summed E-state index contributed by atoms with van der Waals surface area (Å²) < 4.78 is 1.76. The highest BCUT2D eigenvalue weighted by Gasteiger charge is 2.14. The van der Waals surface area contributed by atoms with Crippen LogP contribution in [0.2, 0.25) is 0 Å². The highest BCUT2D eigenvalue weighted by Crippen LogP contribution is 2.19. The van der Waals surface area contributed by atoms with Crippen LogP contribution in [0, 0.1) is 13.8 Å². The highest BCUT2D eigenvalue weighted by molar-refractivity contribution is 5.79. The lowest BCUT2D eigenvalue weighted by Gasteiger charge is -2.16. The van der Waals surface area contributed by atoms with Crippen molar-refractivity contribution < 1.29 is 14.4 Å². The van der Waals surface area contributed by atoms with Gasteiger partial charge >= 0.3 is 6.15 Å². The fourth-order valence-electron chi connectivity index (χ4n) is 3.87. The quantitative estimate of drug-likeness (QED) is 0.394. The summed E-state index contributed by atoms with van der Waals surface area (Å²) in [6.45, 7) is 6.17. The molecule has 0 N–H and O–H groups in total. The van der Waals surface area contributed by atoms with Crippen LogP contribution in [-0.4, -0.2) is 21.5 Å². The van der Waals surface area contributed by atoms with Gasteiger partial charge in [-0.3, -0.25) is 14.2 Å². The first-order valence-electron chi connectivity index (χ1n) is 11.5. The summed E-state index contributed by atoms with van der Waals surface area (Å²) in [5.74, 6) is 1.12. The summed E-state index contributed by atoms with van der Waals surface area (Å²) in [4.78, 5) is 46.5. The van der Waals surface area contributed by atoms with Crippen LogP contribution in [0.4, 0.5) is 0 Å². The molecule has 1 heterocycles. The first-order chi connectivity index (χ1) is 15.9. The fraction of sp³-hybridized carbons (Fsp3) is 0.407. The van der Waals surface area contributed by atoms with E-state index in [9.17, 15) is 9.59 Å². The summed E-state index contributed by atoms with van der Waals surface area (Å²) in [6.07, 6.45) is 7.16. The lowest BCUT2D eigenvalue weighted by atomic mass is 10.1. The Morgan fingerprint density at radius 3 is 2.30 bits per heavy atom. The normalized spacial score (nSPS) is 10.4. The van der Waals surface area contributed by atoms with E-state index in [1.165, 1.54) is 0 Å². The van der Waals surface area contributed by atoms with Crippen molar-refractivity contribution in [2.75, 3.05) is 0 Å². The van der Waals surface area contributed by atoms with Crippen molar-refractivity contribution in [2.45, 2.75) is 72.1 Å². The molecule has 0 fully saturated rings. The van der Waals surface area contributed by atoms with Gasteiger partial charge in [-0.25, -0.2) is 4.98 Å². The molecule has 6 heteroatoms. The van der Waals surface area contributed by atoms with Gasteiger partial charge in [0.1, 0.15) is 11.6 Å². The molecule has 0 spiro atoms. The van der Waals surface area contributed by atoms with Gasteiger partial charge in [0, 0.05) is 19.3 Å². The van der Waals surface area contributed by atoms with E-state index in [4.69, 9.17) is 14.6 Å². The standard InChI is InChI=1S/C26H32N2O2.CO2/c1-4-5-6-12-21(29)13-8-10-15-25-27-23-18-19(2)16-17-22(23)26(30)28(25)24-14-9-7-11-20(24)3;2-1-3/h7,9,11,14,16-18H,4-6,8,10,12-13,15H2,1-3H3;. The second-order valence-corrected chi connectivity index (χ2v) is 8.26. The minimum Gasteiger partial charge on any atom is -0.300 e. The molecule has 0 aliphatic carbocycles. The van der Waals surface area contributed by atoms with Crippen LogP contribution < -0.4 is 5.56 Å². The number of aromatic nitrogens is 2. The van der Waals surface area contributed by atoms with Crippen molar-refractivity contribution in [1.82, 2.24) is 9.55 Å². The average molecular weight is 449 g/mol. The van der Waals surface area contributed by atoms with E-state index >= 15 is 0 Å². The second kappa shape index (κ2) is 13.2. The van der Waals surface area contributed by atoms with Crippen LogP contribution >= 0.6 is 0 Å². The van der Waals surface area contributed by atoms with E-state index in [1.807, 2.05) is 56.3 Å². The van der Waals surface area contributed by atoms with E-state index < -0.39 is 0 Å². The monoisotopic (exact) mass is 448 g/mol. The highest BCUT2D eigenvalue weighted by atomic mass is 16.2. The molecule has 1 aromatic heterocycles. The summed E-state index contributed by atoms with van der Waals surface area (Å²) in [5, 5.41) is 0.638. The average Bonchev–Trinajstić information content (AvgIpc) is 2.78. The van der Waals surface area contributed by atoms with Gasteiger partial charge in [-0.15, -0.1) is 0 Å². The van der Waals surface area contributed by atoms with Gasteiger partial charge in [0.25, 0.3) is 5.56 Å². The number of hydrogen-bond acceptors (Lipinski definition) is 5. The van der Waals surface area contributed by atoms with Gasteiger partial charge in [0.2, 0.25) is 0 Å². The molecule has 0 aliphatic heterocycles. The van der Waals surface area contributed by atoms with Crippen molar-refractivity contribution in [2.24, 2.45) is 0 Å². The Hall–Kier alpha value is -3.37. The van der Waals surface area contributed by atoms with Gasteiger partial charge < -0.3 is 0 Å². The number of para-hydroxylation sites is 1. The minimum atomic E-state index is -0.0278. The number of benzene rings is 2. The van der Waals surface area contributed by atoms with Crippen molar-refractivity contribution in [1.29, 1.82) is 0 Å². The van der Waals surface area contributed by atoms with Crippen LogP contribution in [0.1, 0.15) is 68.8 Å². The Labute approximate surface area is 194 Å². The van der Waals surface area contributed by atoms with E-state index in [0.29, 0.717) is 30.4 Å². The van der Waals surface area contributed by atoms with Gasteiger partial charge in [0.05, 0.1) is 16.6 Å². The third-order valence-electron chi connectivity index (χ3n) is 5.62. The number of rotatable bonds is 10. The molecule has 2 aromatic carbocycles. The Bertz CT molecular complexity index is 1170. The van der Waals surface area contributed by atoms with Crippen LogP contribution in [0.3, 0.4) is 0 Å². The Kier molecular flexibility index (Phi) is 10.4. The Morgan fingerprint density at radius 1 is 0.970 bits per heavy atom. The zero-order chi connectivity index (χ0) is 24.2. The number of hydrogen-bond donors (Lipinski definition) is 0. The first kappa shape index (κ1) is 25.9. The van der Waals surface area contributed by atoms with E-state index in [-0.39, 0.29) is 11.7 Å². The number of fused-ring (bicyclic) bond motifs is 1. The largest absolute Gasteiger partial charge is 0.373 e. The maximum absolute atomic E-state index is 13.4. The molecular formula is C27H32N2O4. The van der Waals surface area contributed by atoms with Gasteiger partial charge in [0.15, 0.2) is 0 Å². The molecule has 0 radical (unpaired) electrons. The zero-order valence-electron chi connectivity index (χ0n) is 19.7. The lowest BCUT2D eigenvalue weighted by molar-refractivity contribution is -0.191. The van der Waals surface area contributed by atoms with Crippen LogP contribution in [0.15, 0.2) is 47.3 Å². The van der Waals surface area contributed by atoms with E-state index in [2.05, 4.69) is 6.92 Å². The van der Waals surface area contributed by atoms with Gasteiger partial charge in [-0.1, -0.05) is 44.0 Å². The van der Waals surface area contributed by atoms with E-state index in [1.54, 1.807) is 4.57 Å². The van der Waals surface area contributed by atoms with Crippen molar-refractivity contribution in [3.8, 4) is 5.69 Å². The van der Waals surface area contributed by atoms with Crippen molar-refractivity contribution in [3.63, 3.8) is 0 Å². The number of Topliss-reactive ketones (excluding diaryl/α,β-unsaturated/α-hetero) is 1. The molecule has 33 heavy (non-hydrogen) atoms. The third kappa shape index (κ3) is 7.33. The molecule has 0 bridgehead atoms. The number of unbranched alkanes of at least 4 members (excludes halogenated alkanes) is 3. The zero-order valence-corrected chi connectivity index (χ0v) is 19.7. The van der Waals surface area contributed by atoms with Crippen LogP contribution in [-0.2, 0) is 20.8 Å². The molecule has 0 saturated heterocycles. The van der Waals surface area contributed by atoms with E-state index in [0.717, 1.165) is 60.3 Å². The summed E-state index contributed by atoms with van der Waals surface area (Å²) in [6, 6.07) is 13.7. The molecule has 174 valence electrons. The fourth-order valence-corrected chi connectivity index (χ4v) is 3.87. The summed E-state index contributed by atoms with van der Waals surface area (Å²) >= 11 is 0. The van der Waals surface area contributed by atoms with Crippen molar-refractivity contribution >= 4 is 22.8 Å². The predicted molar refractivity (Wildman–Crippen MR) is 129 cm³/mol. The molecule has 0 unspecified atom stereocenters. The molecule has 0 atom stereocenters. The predicted octanol–water partition coefficient (Wildman–Crippen LogP) is 5.28. The number of carbonyl (C=O) groups is 1. The Morgan fingerprint density at radius 2 is 1.64 bits per heavy atom. The van der Waals surface area contributed by atoms with Crippen LogP contribution in [0.5, 0.6) is 0 Å². The number of ketones is 1. The first-order valence-corrected chi connectivity index (χ1v) is 11.5. The van der Waals surface area contributed by atoms with Crippen LogP contribution in [0.25, 0.3) is 16.6 Å². The smallest absolute Gasteiger partial charge is 0.300 e. The van der Waals surface area contributed by atoms with Gasteiger partial charge in [-0.2, -0.15) is 9.59 Å². The molecule has 3 rings (SSSR count). The maximum Gasteiger partial charge on any atom is 0.373 e.